The van der Waals surface area contributed by atoms with Gasteiger partial charge in [0.05, 0.1) is 15.6 Å². The van der Waals surface area contributed by atoms with E-state index in [0.29, 0.717) is 27.2 Å². The lowest BCUT2D eigenvalue weighted by Crippen LogP contribution is -1.87. The van der Waals surface area contributed by atoms with E-state index in [-0.39, 0.29) is 0 Å². The Kier molecular flexibility index (Phi) is 3.56. The molecule has 0 spiro atoms. The third kappa shape index (κ3) is 2.00. The highest BCUT2D eigenvalue weighted by Crippen LogP contribution is 2.25. The second kappa shape index (κ2) is 4.26. The predicted octanol–water partition coefficient (Wildman–Crippen LogP) is 3.70. The van der Waals surface area contributed by atoms with Gasteiger partial charge in [0.2, 0.25) is 0 Å². The number of rotatable bonds is 2. The Labute approximate surface area is 88.8 Å². The van der Waals surface area contributed by atoms with Crippen molar-refractivity contribution in [3.05, 3.63) is 33.3 Å². The smallest absolute Gasteiger partial charge is 0.153 e. The fourth-order valence-electron chi connectivity index (χ4n) is 0.827. The largest absolute Gasteiger partial charge is 0.298 e. The molecule has 0 N–H and O–H groups in total. The van der Waals surface area contributed by atoms with E-state index in [2.05, 4.69) is 15.9 Å². The monoisotopic (exact) mass is 266 g/mol. The van der Waals surface area contributed by atoms with Crippen LogP contribution in [0, 0.1) is 0 Å². The highest BCUT2D eigenvalue weighted by Gasteiger charge is 2.05. The minimum atomic E-state index is 0.350. The van der Waals surface area contributed by atoms with Crippen LogP contribution in [0.4, 0.5) is 0 Å². The number of benzene rings is 1. The molecule has 0 unspecified atom stereocenters. The van der Waals surface area contributed by atoms with Crippen LogP contribution in [0.2, 0.25) is 10.0 Å². The SMILES string of the molecule is O=Cc1c(Cl)cc(CBr)cc1Cl. The van der Waals surface area contributed by atoms with Crippen LogP contribution >= 0.6 is 39.1 Å². The first-order chi connectivity index (χ1) is 5.69. The maximum atomic E-state index is 10.5. The summed E-state index contributed by atoms with van der Waals surface area (Å²) in [5.74, 6) is 0. The standard InChI is InChI=1S/C8H5BrCl2O/c9-3-5-1-7(10)6(4-12)8(11)2-5/h1-2,4H,3H2. The van der Waals surface area contributed by atoms with Crippen LogP contribution in [0.25, 0.3) is 0 Å². The van der Waals surface area contributed by atoms with Gasteiger partial charge in [-0.05, 0) is 17.7 Å². The molecule has 0 aliphatic heterocycles. The van der Waals surface area contributed by atoms with Crippen molar-refractivity contribution in [3.63, 3.8) is 0 Å². The zero-order chi connectivity index (χ0) is 9.14. The Morgan fingerprint density at radius 2 is 1.83 bits per heavy atom. The third-order valence-electron chi connectivity index (χ3n) is 1.41. The van der Waals surface area contributed by atoms with Crippen molar-refractivity contribution in [2.45, 2.75) is 5.33 Å². The summed E-state index contributed by atoms with van der Waals surface area (Å²) >= 11 is 14.8. The Bertz CT molecular complexity index is 289. The van der Waals surface area contributed by atoms with Gasteiger partial charge in [-0.3, -0.25) is 4.79 Å². The van der Waals surface area contributed by atoms with Crippen molar-refractivity contribution in [2.24, 2.45) is 0 Å². The molecule has 0 amide bonds. The predicted molar refractivity (Wildman–Crippen MR) is 54.5 cm³/mol. The van der Waals surface area contributed by atoms with E-state index in [1.807, 2.05) is 0 Å². The number of alkyl halides is 1. The van der Waals surface area contributed by atoms with Crippen molar-refractivity contribution < 1.29 is 4.79 Å². The van der Waals surface area contributed by atoms with Crippen molar-refractivity contribution in [3.8, 4) is 0 Å². The molecule has 64 valence electrons. The third-order valence-corrected chi connectivity index (χ3v) is 2.68. The highest BCUT2D eigenvalue weighted by atomic mass is 79.9. The fourth-order valence-corrected chi connectivity index (χ4v) is 1.77. The molecule has 0 saturated heterocycles. The summed E-state index contributed by atoms with van der Waals surface area (Å²) in [6.07, 6.45) is 0.655. The van der Waals surface area contributed by atoms with Gasteiger partial charge in [-0.1, -0.05) is 39.1 Å². The number of hydrogen-bond donors (Lipinski definition) is 0. The van der Waals surface area contributed by atoms with E-state index in [1.54, 1.807) is 12.1 Å². The Balaban J connectivity index is 3.27. The van der Waals surface area contributed by atoms with Crippen molar-refractivity contribution in [1.82, 2.24) is 0 Å². The van der Waals surface area contributed by atoms with Gasteiger partial charge in [-0.2, -0.15) is 0 Å². The van der Waals surface area contributed by atoms with E-state index in [1.165, 1.54) is 0 Å². The first-order valence-corrected chi connectivity index (χ1v) is 5.06. The molecule has 0 aromatic heterocycles. The molecule has 4 heteroatoms. The normalized spacial score (nSPS) is 9.92. The quantitative estimate of drug-likeness (QED) is 0.590. The molecule has 12 heavy (non-hydrogen) atoms. The molecular formula is C8H5BrCl2O. The van der Waals surface area contributed by atoms with Gasteiger partial charge in [-0.15, -0.1) is 0 Å². The summed E-state index contributed by atoms with van der Waals surface area (Å²) < 4.78 is 0. The van der Waals surface area contributed by atoms with Gasteiger partial charge in [0, 0.05) is 5.33 Å². The molecule has 1 aromatic carbocycles. The average molecular weight is 268 g/mol. The summed E-state index contributed by atoms with van der Waals surface area (Å²) in [4.78, 5) is 10.5. The molecule has 1 aromatic rings. The van der Waals surface area contributed by atoms with Crippen LogP contribution < -0.4 is 0 Å². The lowest BCUT2D eigenvalue weighted by atomic mass is 10.2. The summed E-state index contributed by atoms with van der Waals surface area (Å²) in [6, 6.07) is 3.43. The molecule has 0 radical (unpaired) electrons. The maximum absolute atomic E-state index is 10.5. The van der Waals surface area contributed by atoms with Crippen molar-refractivity contribution in [2.75, 3.05) is 0 Å². The number of aldehydes is 1. The molecule has 0 aliphatic carbocycles. The fraction of sp³-hybridized carbons (Fsp3) is 0.125. The molecule has 0 aliphatic rings. The van der Waals surface area contributed by atoms with Gasteiger partial charge in [0.1, 0.15) is 0 Å². The van der Waals surface area contributed by atoms with Crippen molar-refractivity contribution >= 4 is 45.4 Å². The zero-order valence-corrected chi connectivity index (χ0v) is 9.08. The molecule has 1 rings (SSSR count). The summed E-state index contributed by atoms with van der Waals surface area (Å²) in [5, 5.41) is 1.46. The van der Waals surface area contributed by atoms with E-state index < -0.39 is 0 Å². The lowest BCUT2D eigenvalue weighted by Gasteiger charge is -2.02. The Hall–Kier alpha value is -0.0500. The Morgan fingerprint density at radius 1 is 1.33 bits per heavy atom. The Morgan fingerprint density at radius 3 is 2.17 bits per heavy atom. The number of hydrogen-bond acceptors (Lipinski definition) is 1. The zero-order valence-electron chi connectivity index (χ0n) is 5.98. The van der Waals surface area contributed by atoms with Crippen LogP contribution in [0.1, 0.15) is 15.9 Å². The molecule has 1 nitrogen and oxygen atoms in total. The van der Waals surface area contributed by atoms with E-state index in [0.717, 1.165) is 5.56 Å². The van der Waals surface area contributed by atoms with Gasteiger partial charge in [0.15, 0.2) is 6.29 Å². The van der Waals surface area contributed by atoms with Crippen LogP contribution in [-0.2, 0) is 5.33 Å². The van der Waals surface area contributed by atoms with Crippen LogP contribution in [0.5, 0.6) is 0 Å². The number of carbonyl (C=O) groups is 1. The molecular weight excluding hydrogens is 263 g/mol. The minimum Gasteiger partial charge on any atom is -0.298 e. The maximum Gasteiger partial charge on any atom is 0.153 e. The number of carbonyl (C=O) groups excluding carboxylic acids is 1. The molecule has 0 atom stereocenters. The first kappa shape index (κ1) is 10.0. The first-order valence-electron chi connectivity index (χ1n) is 3.18. The molecule has 0 saturated carbocycles. The van der Waals surface area contributed by atoms with Crippen LogP contribution in [-0.4, -0.2) is 6.29 Å². The second-order valence-electron chi connectivity index (χ2n) is 2.22. The van der Waals surface area contributed by atoms with Crippen molar-refractivity contribution in [1.29, 1.82) is 0 Å². The highest BCUT2D eigenvalue weighted by molar-refractivity contribution is 9.08. The second-order valence-corrected chi connectivity index (χ2v) is 3.60. The van der Waals surface area contributed by atoms with Gasteiger partial charge < -0.3 is 0 Å². The summed E-state index contributed by atoms with van der Waals surface area (Å²) in [7, 11) is 0. The van der Waals surface area contributed by atoms with E-state index in [4.69, 9.17) is 23.2 Å². The molecule has 0 fully saturated rings. The van der Waals surface area contributed by atoms with Gasteiger partial charge >= 0.3 is 0 Å². The average Bonchev–Trinajstić information content (AvgIpc) is 2.03. The summed E-state index contributed by atoms with van der Waals surface area (Å²) in [6.45, 7) is 0. The van der Waals surface area contributed by atoms with Gasteiger partial charge in [0.25, 0.3) is 0 Å². The van der Waals surface area contributed by atoms with Gasteiger partial charge in [-0.25, -0.2) is 0 Å². The molecule has 0 bridgehead atoms. The number of halogens is 3. The molecule has 0 heterocycles. The lowest BCUT2D eigenvalue weighted by molar-refractivity contribution is 0.112. The van der Waals surface area contributed by atoms with Crippen LogP contribution in [0.3, 0.4) is 0 Å². The van der Waals surface area contributed by atoms with E-state index in [9.17, 15) is 4.79 Å². The van der Waals surface area contributed by atoms with Crippen LogP contribution in [0.15, 0.2) is 12.1 Å². The topological polar surface area (TPSA) is 17.1 Å². The van der Waals surface area contributed by atoms with E-state index >= 15 is 0 Å². The minimum absolute atomic E-state index is 0.350. The summed E-state index contributed by atoms with van der Waals surface area (Å²) in [5.41, 5.74) is 1.30.